The molecule has 0 spiro atoms. The van der Waals surface area contributed by atoms with E-state index in [9.17, 15) is 0 Å². The van der Waals surface area contributed by atoms with E-state index in [0.29, 0.717) is 0 Å². The molecule has 4 heteroatoms. The lowest BCUT2D eigenvalue weighted by Gasteiger charge is -2.18. The van der Waals surface area contributed by atoms with E-state index >= 15 is 0 Å². The van der Waals surface area contributed by atoms with Crippen LogP contribution in [0.1, 0.15) is 12.8 Å². The fraction of sp³-hybridized carbons (Fsp3) is 0.400. The van der Waals surface area contributed by atoms with Gasteiger partial charge >= 0.3 is 0 Å². The van der Waals surface area contributed by atoms with Crippen molar-refractivity contribution in [3.8, 4) is 0 Å². The Kier molecular flexibility index (Phi) is 3.68. The Morgan fingerprint density at radius 2 is 1.89 bits per heavy atom. The molecular weight excluding hydrogens is 236 g/mol. The second-order valence-corrected chi connectivity index (χ2v) is 4.94. The smallest absolute Gasteiger partial charge is 0.0582 e. The van der Waals surface area contributed by atoms with Crippen LogP contribution >= 0.6 is 0 Å². The molecule has 0 saturated carbocycles. The number of nitrogens with one attached hydrogen (secondary N) is 1. The summed E-state index contributed by atoms with van der Waals surface area (Å²) in [5.41, 5.74) is 2.52. The van der Waals surface area contributed by atoms with E-state index in [4.69, 9.17) is 0 Å². The highest BCUT2D eigenvalue weighted by molar-refractivity contribution is 5.55. The van der Waals surface area contributed by atoms with E-state index in [1.807, 2.05) is 23.1 Å². The molecule has 1 aromatic carbocycles. The first-order valence-corrected chi connectivity index (χ1v) is 6.98. The highest BCUT2D eigenvalue weighted by Gasteiger charge is 2.11. The molecule has 1 saturated heterocycles. The van der Waals surface area contributed by atoms with Gasteiger partial charge in [-0.05, 0) is 43.2 Å². The fourth-order valence-electron chi connectivity index (χ4n) is 2.51. The standard InChI is InChI=1S/C15H20N4/c1-2-11-18(10-1)15-6-4-14(5-7-15)16-9-13-19-12-3-8-17-19/h3-8,12,16H,1-2,9-11,13H2. The molecule has 1 N–H and O–H groups in total. The zero-order valence-electron chi connectivity index (χ0n) is 11.1. The third-order valence-electron chi connectivity index (χ3n) is 3.57. The molecule has 0 amide bonds. The quantitative estimate of drug-likeness (QED) is 0.892. The highest BCUT2D eigenvalue weighted by Crippen LogP contribution is 2.21. The monoisotopic (exact) mass is 256 g/mol. The van der Waals surface area contributed by atoms with Crippen molar-refractivity contribution >= 4 is 11.4 Å². The molecular formula is C15H20N4. The number of rotatable bonds is 5. The maximum atomic E-state index is 4.18. The third-order valence-corrected chi connectivity index (χ3v) is 3.57. The van der Waals surface area contributed by atoms with Crippen molar-refractivity contribution in [3.63, 3.8) is 0 Å². The summed E-state index contributed by atoms with van der Waals surface area (Å²) in [6.07, 6.45) is 6.44. The van der Waals surface area contributed by atoms with Crippen LogP contribution in [0.2, 0.25) is 0 Å². The van der Waals surface area contributed by atoms with Gasteiger partial charge in [-0.2, -0.15) is 5.10 Å². The van der Waals surface area contributed by atoms with Crippen molar-refractivity contribution in [2.75, 3.05) is 29.9 Å². The molecule has 100 valence electrons. The van der Waals surface area contributed by atoms with Crippen LogP contribution in [0.25, 0.3) is 0 Å². The second kappa shape index (κ2) is 5.78. The van der Waals surface area contributed by atoms with Crippen LogP contribution in [0.15, 0.2) is 42.7 Å². The molecule has 0 unspecified atom stereocenters. The zero-order chi connectivity index (χ0) is 12.9. The number of benzene rings is 1. The number of anilines is 2. The number of nitrogens with zero attached hydrogens (tertiary/aromatic N) is 3. The zero-order valence-corrected chi connectivity index (χ0v) is 11.1. The van der Waals surface area contributed by atoms with Gasteiger partial charge in [-0.1, -0.05) is 0 Å². The Hall–Kier alpha value is -1.97. The molecule has 0 radical (unpaired) electrons. The average Bonchev–Trinajstić information content (AvgIpc) is 3.13. The first kappa shape index (κ1) is 12.1. The molecule has 3 rings (SSSR count). The molecule has 2 heterocycles. The summed E-state index contributed by atoms with van der Waals surface area (Å²) in [5, 5.41) is 7.61. The van der Waals surface area contributed by atoms with Gasteiger partial charge in [-0.15, -0.1) is 0 Å². The molecule has 0 bridgehead atoms. The lowest BCUT2D eigenvalue weighted by molar-refractivity contribution is 0.638. The SMILES string of the molecule is c1cnn(CCNc2ccc(N3CCCC3)cc2)c1. The predicted molar refractivity (Wildman–Crippen MR) is 78.6 cm³/mol. The summed E-state index contributed by atoms with van der Waals surface area (Å²) in [5.74, 6) is 0. The maximum absolute atomic E-state index is 4.18. The molecule has 1 aromatic heterocycles. The topological polar surface area (TPSA) is 33.1 Å². The second-order valence-electron chi connectivity index (χ2n) is 4.94. The van der Waals surface area contributed by atoms with Gasteiger partial charge in [0.05, 0.1) is 6.54 Å². The number of hydrogen-bond acceptors (Lipinski definition) is 3. The Bertz CT molecular complexity index is 483. The average molecular weight is 256 g/mol. The van der Waals surface area contributed by atoms with E-state index in [-0.39, 0.29) is 0 Å². The molecule has 1 aliphatic heterocycles. The Balaban J connectivity index is 1.51. The van der Waals surface area contributed by atoms with Gasteiger partial charge in [0.15, 0.2) is 0 Å². The van der Waals surface area contributed by atoms with Crippen molar-refractivity contribution in [1.29, 1.82) is 0 Å². The fourth-order valence-corrected chi connectivity index (χ4v) is 2.51. The van der Waals surface area contributed by atoms with Gasteiger partial charge in [-0.25, -0.2) is 0 Å². The molecule has 2 aromatic rings. The van der Waals surface area contributed by atoms with Gasteiger partial charge < -0.3 is 10.2 Å². The molecule has 1 fully saturated rings. The third kappa shape index (κ3) is 3.08. The van der Waals surface area contributed by atoms with E-state index in [0.717, 1.165) is 13.1 Å². The van der Waals surface area contributed by atoms with Crippen LogP contribution in [0.3, 0.4) is 0 Å². The van der Waals surface area contributed by atoms with Crippen LogP contribution in [0, 0.1) is 0 Å². The van der Waals surface area contributed by atoms with Crippen molar-refractivity contribution in [2.24, 2.45) is 0 Å². The summed E-state index contributed by atoms with van der Waals surface area (Å²) >= 11 is 0. The van der Waals surface area contributed by atoms with Gasteiger partial charge in [0.1, 0.15) is 0 Å². The largest absolute Gasteiger partial charge is 0.383 e. The van der Waals surface area contributed by atoms with Crippen LogP contribution in [-0.2, 0) is 6.54 Å². The minimum absolute atomic E-state index is 0.890. The highest BCUT2D eigenvalue weighted by atomic mass is 15.3. The normalized spacial score (nSPS) is 14.8. The van der Waals surface area contributed by atoms with Crippen LogP contribution in [0.5, 0.6) is 0 Å². The van der Waals surface area contributed by atoms with E-state index in [1.165, 1.54) is 37.3 Å². The van der Waals surface area contributed by atoms with Crippen LogP contribution in [-0.4, -0.2) is 29.4 Å². The molecule has 1 aliphatic rings. The first-order valence-electron chi connectivity index (χ1n) is 6.98. The maximum Gasteiger partial charge on any atom is 0.0582 e. The number of aromatic nitrogens is 2. The Morgan fingerprint density at radius 1 is 1.11 bits per heavy atom. The van der Waals surface area contributed by atoms with Crippen molar-refractivity contribution in [2.45, 2.75) is 19.4 Å². The number of hydrogen-bond donors (Lipinski definition) is 1. The lowest BCUT2D eigenvalue weighted by Crippen LogP contribution is -2.17. The summed E-state index contributed by atoms with van der Waals surface area (Å²) in [7, 11) is 0. The van der Waals surface area contributed by atoms with Crippen molar-refractivity contribution < 1.29 is 0 Å². The molecule has 4 nitrogen and oxygen atoms in total. The summed E-state index contributed by atoms with van der Waals surface area (Å²) in [6, 6.07) is 10.7. The van der Waals surface area contributed by atoms with E-state index < -0.39 is 0 Å². The van der Waals surface area contributed by atoms with Crippen molar-refractivity contribution in [3.05, 3.63) is 42.7 Å². The van der Waals surface area contributed by atoms with Gasteiger partial charge in [0, 0.05) is 43.4 Å². The minimum atomic E-state index is 0.890. The van der Waals surface area contributed by atoms with E-state index in [2.05, 4.69) is 39.6 Å². The summed E-state index contributed by atoms with van der Waals surface area (Å²) in [4.78, 5) is 2.45. The van der Waals surface area contributed by atoms with E-state index in [1.54, 1.807) is 0 Å². The first-order chi connectivity index (χ1) is 9.42. The van der Waals surface area contributed by atoms with Gasteiger partial charge in [0.2, 0.25) is 0 Å². The molecule has 0 atom stereocenters. The Labute approximate surface area is 114 Å². The molecule has 19 heavy (non-hydrogen) atoms. The van der Waals surface area contributed by atoms with Gasteiger partial charge in [-0.3, -0.25) is 4.68 Å². The Morgan fingerprint density at radius 3 is 2.58 bits per heavy atom. The molecule has 0 aliphatic carbocycles. The van der Waals surface area contributed by atoms with Crippen LogP contribution in [0.4, 0.5) is 11.4 Å². The lowest BCUT2D eigenvalue weighted by atomic mass is 10.2. The predicted octanol–water partition coefficient (Wildman–Crippen LogP) is 2.60. The van der Waals surface area contributed by atoms with Crippen LogP contribution < -0.4 is 10.2 Å². The minimum Gasteiger partial charge on any atom is -0.383 e. The van der Waals surface area contributed by atoms with Gasteiger partial charge in [0.25, 0.3) is 0 Å². The summed E-state index contributed by atoms with van der Waals surface area (Å²) in [6.45, 7) is 4.18. The summed E-state index contributed by atoms with van der Waals surface area (Å²) < 4.78 is 1.94. The van der Waals surface area contributed by atoms with Crippen molar-refractivity contribution in [1.82, 2.24) is 9.78 Å².